The Labute approximate surface area is 324 Å². The van der Waals surface area contributed by atoms with Crippen LogP contribution in [0.4, 0.5) is 19.3 Å². The summed E-state index contributed by atoms with van der Waals surface area (Å²) in [5.41, 5.74) is -2.09. The Kier molecular flexibility index (Phi) is 11.0. The molecule has 7 rings (SSSR count). The Balaban J connectivity index is 1.12. The zero-order valence-electron chi connectivity index (χ0n) is 29.7. The first-order chi connectivity index (χ1) is 26.8. The zero-order chi connectivity index (χ0) is 39.6. The minimum atomic E-state index is -5.83. The van der Waals surface area contributed by atoms with Gasteiger partial charge in [-0.05, 0) is 71.7 Å². The van der Waals surface area contributed by atoms with Crippen LogP contribution < -0.4 is 10.6 Å². The van der Waals surface area contributed by atoms with Crippen molar-refractivity contribution in [3.05, 3.63) is 125 Å². The number of nitrogens with one attached hydrogen (secondary N) is 2. The van der Waals surface area contributed by atoms with Crippen LogP contribution in [0.15, 0.2) is 109 Å². The summed E-state index contributed by atoms with van der Waals surface area (Å²) in [5.74, 6) is -1.72. The number of carbonyl (C=O) groups excluding carboxylic acids is 4. The van der Waals surface area contributed by atoms with Gasteiger partial charge in [-0.25, -0.2) is 4.79 Å². The molecular weight excluding hydrogens is 765 g/mol. The Morgan fingerprint density at radius 2 is 1.55 bits per heavy atom. The van der Waals surface area contributed by atoms with Gasteiger partial charge >= 0.3 is 19.4 Å². The first kappa shape index (κ1) is 38.8. The van der Waals surface area contributed by atoms with Gasteiger partial charge in [0.05, 0.1) is 11.4 Å². The van der Waals surface area contributed by atoms with E-state index in [-0.39, 0.29) is 30.0 Å². The summed E-state index contributed by atoms with van der Waals surface area (Å²) >= 11 is 0.925. The van der Waals surface area contributed by atoms with Gasteiger partial charge in [-0.15, -0.1) is 11.3 Å². The van der Waals surface area contributed by atoms with Gasteiger partial charge in [0.1, 0.15) is 18.7 Å². The van der Waals surface area contributed by atoms with Gasteiger partial charge in [0.2, 0.25) is 11.8 Å². The number of fused-ring (bicyclic) bond motifs is 2. The van der Waals surface area contributed by atoms with Crippen molar-refractivity contribution in [2.75, 3.05) is 18.4 Å². The number of amides is 4. The SMILES string of the molecule is O=C(N[C@H]1CN(C(=O)OCc2ccccc2)CC[C@H]2CC[C@@H](C(=O)Nc3ccc(-c4ccccc4)cc3)N2C1=O)c1cc2cc(C(F)(F)P(=O)(O)O)ccc2s1. The first-order valence-corrected chi connectivity index (χ1v) is 20.2. The van der Waals surface area contributed by atoms with Gasteiger partial charge < -0.3 is 35.0 Å². The highest BCUT2D eigenvalue weighted by atomic mass is 32.1. The van der Waals surface area contributed by atoms with E-state index in [1.165, 1.54) is 21.9 Å². The van der Waals surface area contributed by atoms with Crippen LogP contribution in [-0.2, 0) is 31.2 Å². The Morgan fingerprint density at radius 1 is 0.875 bits per heavy atom. The molecule has 290 valence electrons. The van der Waals surface area contributed by atoms with Crippen molar-refractivity contribution in [3.8, 4) is 11.1 Å². The number of anilines is 1. The fourth-order valence-electron chi connectivity index (χ4n) is 7.06. The average Bonchev–Trinajstić information content (AvgIpc) is 3.82. The second-order valence-electron chi connectivity index (χ2n) is 13.7. The number of ether oxygens (including phenoxy) is 1. The number of rotatable bonds is 9. The van der Waals surface area contributed by atoms with E-state index in [0.717, 1.165) is 40.2 Å². The van der Waals surface area contributed by atoms with E-state index < -0.39 is 60.8 Å². The van der Waals surface area contributed by atoms with E-state index in [4.69, 9.17) is 4.74 Å². The Morgan fingerprint density at radius 3 is 2.25 bits per heavy atom. The summed E-state index contributed by atoms with van der Waals surface area (Å²) in [6, 6.07) is 27.8. The van der Waals surface area contributed by atoms with Crippen LogP contribution in [0.5, 0.6) is 0 Å². The first-order valence-electron chi connectivity index (χ1n) is 17.8. The van der Waals surface area contributed by atoms with Crippen LogP contribution >= 0.6 is 18.9 Å². The summed E-state index contributed by atoms with van der Waals surface area (Å²) in [4.78, 5) is 76.8. The molecule has 0 spiro atoms. The van der Waals surface area contributed by atoms with Crippen molar-refractivity contribution in [1.82, 2.24) is 15.1 Å². The highest BCUT2D eigenvalue weighted by Gasteiger charge is 2.50. The quantitative estimate of drug-likeness (QED) is 0.117. The minimum absolute atomic E-state index is 0.0177. The van der Waals surface area contributed by atoms with Gasteiger partial charge in [0, 0.05) is 28.5 Å². The van der Waals surface area contributed by atoms with Crippen molar-refractivity contribution in [3.63, 3.8) is 0 Å². The maximum atomic E-state index is 14.5. The molecule has 2 aliphatic rings. The second-order valence-corrected chi connectivity index (χ2v) is 16.4. The molecule has 12 nitrogen and oxygen atoms in total. The van der Waals surface area contributed by atoms with Crippen molar-refractivity contribution >= 4 is 58.5 Å². The largest absolute Gasteiger partial charge is 0.445 e. The Bertz CT molecular complexity index is 2310. The molecule has 0 radical (unpaired) electrons. The molecule has 2 saturated heterocycles. The van der Waals surface area contributed by atoms with E-state index in [2.05, 4.69) is 10.6 Å². The lowest BCUT2D eigenvalue weighted by atomic mass is 10.1. The van der Waals surface area contributed by atoms with Crippen LogP contribution in [-0.4, -0.2) is 74.6 Å². The van der Waals surface area contributed by atoms with Crippen LogP contribution in [0.2, 0.25) is 0 Å². The molecule has 0 bridgehead atoms. The lowest BCUT2D eigenvalue weighted by Crippen LogP contribution is -2.60. The highest BCUT2D eigenvalue weighted by Crippen LogP contribution is 2.59. The van der Waals surface area contributed by atoms with Crippen LogP contribution in [0.1, 0.15) is 40.1 Å². The summed E-state index contributed by atoms with van der Waals surface area (Å²) in [6.45, 7) is -0.125. The topological polar surface area (TPSA) is 166 Å². The molecule has 3 heterocycles. The van der Waals surface area contributed by atoms with Gasteiger partial charge in [-0.3, -0.25) is 18.9 Å². The molecule has 0 aliphatic carbocycles. The van der Waals surface area contributed by atoms with E-state index in [9.17, 15) is 42.3 Å². The van der Waals surface area contributed by atoms with Gasteiger partial charge in [-0.1, -0.05) is 78.9 Å². The molecule has 0 unspecified atom stereocenters. The van der Waals surface area contributed by atoms with Gasteiger partial charge in [0.15, 0.2) is 0 Å². The second kappa shape index (κ2) is 15.9. The maximum absolute atomic E-state index is 14.5. The molecule has 2 fully saturated rings. The standard InChI is InChI=1S/C40H37F2N4O8PS/c41-40(42,55(51,52)53)29-13-18-34-28(21-29)22-35(56-34)37(48)44-32-23-45(39(50)54-24-25-7-3-1-4-8-25)20-19-31-16-17-33(46(31)38(32)49)36(47)43-30-14-11-27(12-15-30)26-9-5-2-6-10-26/h1-15,18,21-22,31-33H,16-17,19-20,23-24H2,(H,43,47)(H,44,48)(H2,51,52,53)/t31-,32+,33+/m1/s1. The third kappa shape index (κ3) is 8.21. The number of nitrogens with zero attached hydrogens (tertiary/aromatic N) is 2. The summed E-state index contributed by atoms with van der Waals surface area (Å²) < 4.78 is 46.4. The predicted molar refractivity (Wildman–Crippen MR) is 206 cm³/mol. The molecule has 3 atom stereocenters. The van der Waals surface area contributed by atoms with Crippen LogP contribution in [0.25, 0.3) is 21.2 Å². The average molecular weight is 803 g/mol. The maximum Gasteiger partial charge on any atom is 0.410 e. The van der Waals surface area contributed by atoms with Crippen molar-refractivity contribution in [1.29, 1.82) is 0 Å². The molecule has 4 aromatic carbocycles. The lowest BCUT2D eigenvalue weighted by molar-refractivity contribution is -0.141. The molecule has 2 aliphatic heterocycles. The monoisotopic (exact) mass is 802 g/mol. The Hall–Kier alpha value is -5.47. The number of halogens is 2. The van der Waals surface area contributed by atoms with Gasteiger partial charge in [-0.2, -0.15) is 8.78 Å². The van der Waals surface area contributed by atoms with Crippen molar-refractivity contribution < 1.29 is 47.0 Å². The van der Waals surface area contributed by atoms with Gasteiger partial charge in [0.25, 0.3) is 5.91 Å². The normalized spacial score (nSPS) is 18.9. The van der Waals surface area contributed by atoms with Crippen LogP contribution in [0, 0.1) is 0 Å². The number of hydrogen-bond acceptors (Lipinski definition) is 7. The summed E-state index contributed by atoms with van der Waals surface area (Å²) in [7, 11) is -5.83. The lowest BCUT2D eigenvalue weighted by Gasteiger charge is -2.38. The van der Waals surface area contributed by atoms with Crippen molar-refractivity contribution in [2.24, 2.45) is 0 Å². The number of hydrogen-bond donors (Lipinski definition) is 4. The molecule has 5 aromatic rings. The molecular formula is C40H37F2N4O8PS. The van der Waals surface area contributed by atoms with E-state index in [0.29, 0.717) is 29.6 Å². The molecule has 4 N–H and O–H groups in total. The number of carbonyl (C=O) groups is 4. The third-order valence-corrected chi connectivity index (χ3v) is 12.1. The number of alkyl halides is 2. The molecule has 56 heavy (non-hydrogen) atoms. The van der Waals surface area contributed by atoms with E-state index in [1.54, 1.807) is 24.3 Å². The van der Waals surface area contributed by atoms with E-state index in [1.807, 2.05) is 60.7 Å². The summed E-state index contributed by atoms with van der Waals surface area (Å²) in [5, 5.41) is 5.77. The van der Waals surface area contributed by atoms with Crippen molar-refractivity contribution in [2.45, 2.75) is 49.7 Å². The van der Waals surface area contributed by atoms with Crippen LogP contribution in [0.3, 0.4) is 0 Å². The third-order valence-electron chi connectivity index (χ3n) is 9.97. The summed E-state index contributed by atoms with van der Waals surface area (Å²) in [6.07, 6.45) is 0.491. The van der Waals surface area contributed by atoms with E-state index >= 15 is 0 Å². The predicted octanol–water partition coefficient (Wildman–Crippen LogP) is 6.93. The molecule has 0 saturated carbocycles. The molecule has 4 amide bonds. The smallest absolute Gasteiger partial charge is 0.410 e. The zero-order valence-corrected chi connectivity index (χ0v) is 31.4. The fourth-order valence-corrected chi connectivity index (χ4v) is 8.48. The fraction of sp³-hybridized carbons (Fsp3) is 0.250. The molecule has 1 aromatic heterocycles. The highest BCUT2D eigenvalue weighted by molar-refractivity contribution is 7.52. The minimum Gasteiger partial charge on any atom is -0.445 e. The molecule has 16 heteroatoms. The number of benzene rings is 4. The number of thiophene rings is 1.